The van der Waals surface area contributed by atoms with Crippen molar-refractivity contribution in [3.8, 4) is 0 Å². The highest BCUT2D eigenvalue weighted by molar-refractivity contribution is 7.89. The zero-order chi connectivity index (χ0) is 23.7. The second-order valence-corrected chi connectivity index (χ2v) is 12.2. The normalized spacial score (nSPS) is 30.8. The van der Waals surface area contributed by atoms with Crippen molar-refractivity contribution >= 4 is 15.9 Å². The first kappa shape index (κ1) is 24.2. The zero-order valence-electron chi connectivity index (χ0n) is 20.3. The van der Waals surface area contributed by atoms with E-state index in [1.54, 1.807) is 10.9 Å². The van der Waals surface area contributed by atoms with Crippen LogP contribution in [0.25, 0.3) is 0 Å². The largest absolute Gasteiger partial charge is 0.378 e. The fraction of sp³-hybridized carbons (Fsp3) is 0.833. The molecule has 0 radical (unpaired) electrons. The molecule has 0 spiro atoms. The quantitative estimate of drug-likeness (QED) is 0.576. The molecule has 190 valence electrons. The van der Waals surface area contributed by atoms with Crippen LogP contribution in [0.15, 0.2) is 17.3 Å². The lowest BCUT2D eigenvalue weighted by atomic mass is 9.70. The number of ether oxygens (including phenoxy) is 1. The lowest BCUT2D eigenvalue weighted by Gasteiger charge is -2.57. The highest BCUT2D eigenvalue weighted by Gasteiger charge is 2.51. The third-order valence-electron chi connectivity index (χ3n) is 8.42. The van der Waals surface area contributed by atoms with Gasteiger partial charge in [0, 0.05) is 50.9 Å². The molecule has 9 nitrogen and oxygen atoms in total. The summed E-state index contributed by atoms with van der Waals surface area (Å²) < 4.78 is 36.6. The molecule has 0 N–H and O–H groups in total. The molecule has 1 aromatic rings. The Morgan fingerprint density at radius 3 is 2.65 bits per heavy atom. The van der Waals surface area contributed by atoms with Crippen molar-refractivity contribution in [2.45, 2.75) is 75.4 Å². The summed E-state index contributed by atoms with van der Waals surface area (Å²) in [5.41, 5.74) is 0. The molecule has 1 aromatic heterocycles. The molecule has 0 bridgehead atoms. The molecule has 0 aromatic carbocycles. The number of nitrogens with zero attached hydrogens (tertiary/aromatic N) is 5. The third kappa shape index (κ3) is 4.66. The minimum atomic E-state index is -3.64. The van der Waals surface area contributed by atoms with Gasteiger partial charge < -0.3 is 9.64 Å². The van der Waals surface area contributed by atoms with E-state index in [-0.39, 0.29) is 11.9 Å². The number of hydrogen-bond donors (Lipinski definition) is 0. The van der Waals surface area contributed by atoms with Crippen molar-refractivity contribution < 1.29 is 17.9 Å². The minimum absolute atomic E-state index is 0.0605. The van der Waals surface area contributed by atoms with Crippen LogP contribution in [0, 0.1) is 11.8 Å². The van der Waals surface area contributed by atoms with Gasteiger partial charge in [0.2, 0.25) is 15.9 Å². The molecule has 5 heterocycles. The molecule has 4 aliphatic rings. The number of sulfonamides is 1. The summed E-state index contributed by atoms with van der Waals surface area (Å²) in [6.07, 6.45) is 9.52. The molecule has 0 saturated carbocycles. The van der Waals surface area contributed by atoms with E-state index in [1.165, 1.54) is 6.20 Å². The molecular weight excluding hydrogens is 454 g/mol. The number of rotatable bonds is 7. The predicted octanol–water partition coefficient (Wildman–Crippen LogP) is 1.80. The Labute approximate surface area is 203 Å². The van der Waals surface area contributed by atoms with Crippen molar-refractivity contribution in [1.82, 2.24) is 23.9 Å². The fourth-order valence-corrected chi connectivity index (χ4v) is 8.52. The number of piperidine rings is 3. The van der Waals surface area contributed by atoms with Gasteiger partial charge in [-0.25, -0.2) is 8.42 Å². The molecule has 4 aliphatic heterocycles. The third-order valence-corrected chi connectivity index (χ3v) is 10.3. The fourth-order valence-electron chi connectivity index (χ4n) is 6.81. The maximum Gasteiger partial charge on any atom is 0.246 e. The van der Waals surface area contributed by atoms with Crippen molar-refractivity contribution in [2.24, 2.45) is 11.8 Å². The summed E-state index contributed by atoms with van der Waals surface area (Å²) in [6, 6.07) is 0.418. The predicted molar refractivity (Wildman–Crippen MR) is 128 cm³/mol. The Bertz CT molecular complexity index is 958. The van der Waals surface area contributed by atoms with E-state index in [4.69, 9.17) is 4.74 Å². The SMILES string of the molecule is CCn1cc(S(=O)(=O)N2C[C@@H]3CCCN4CCC[C@@H]([C@H]34)[C@H]2CCCC(=O)N2CCOCC2)cn1. The Hall–Kier alpha value is -1.49. The van der Waals surface area contributed by atoms with Gasteiger partial charge in [0.25, 0.3) is 0 Å². The Kier molecular flexibility index (Phi) is 7.30. The van der Waals surface area contributed by atoms with Crippen LogP contribution in [0.1, 0.15) is 51.9 Å². The number of carbonyl (C=O) groups is 1. The maximum absolute atomic E-state index is 13.9. The van der Waals surface area contributed by atoms with Gasteiger partial charge in [-0.3, -0.25) is 14.4 Å². The maximum atomic E-state index is 13.9. The first-order chi connectivity index (χ1) is 16.5. The van der Waals surface area contributed by atoms with Crippen molar-refractivity contribution in [3.05, 3.63) is 12.4 Å². The van der Waals surface area contributed by atoms with Gasteiger partial charge in [0.1, 0.15) is 4.90 Å². The van der Waals surface area contributed by atoms with Crippen LogP contribution in [0.3, 0.4) is 0 Å². The van der Waals surface area contributed by atoms with Gasteiger partial charge in [-0.1, -0.05) is 0 Å². The van der Waals surface area contributed by atoms with Gasteiger partial charge >= 0.3 is 0 Å². The standard InChI is InChI=1S/C24H39N5O4S/c1-2-28-18-20(16-25-28)34(31,32)29-17-19-6-4-10-27-11-5-7-21(24(19)27)22(29)8-3-9-23(30)26-12-14-33-15-13-26/h16,18-19,21-22,24H,2-15,17H2,1H3/t19-,21+,22+,24-/m0/s1. The Balaban J connectivity index is 1.37. The first-order valence-electron chi connectivity index (χ1n) is 13.1. The van der Waals surface area contributed by atoms with Crippen LogP contribution in [-0.2, 0) is 26.1 Å². The van der Waals surface area contributed by atoms with E-state index in [0.29, 0.717) is 68.6 Å². The molecule has 1 amide bonds. The van der Waals surface area contributed by atoms with E-state index < -0.39 is 10.0 Å². The lowest BCUT2D eigenvalue weighted by Crippen LogP contribution is -2.65. The molecular formula is C24H39N5O4S. The average molecular weight is 494 g/mol. The molecule has 4 atom stereocenters. The monoisotopic (exact) mass is 493 g/mol. The number of morpholine rings is 1. The molecule has 34 heavy (non-hydrogen) atoms. The first-order valence-corrected chi connectivity index (χ1v) is 14.6. The van der Waals surface area contributed by atoms with E-state index in [9.17, 15) is 13.2 Å². The van der Waals surface area contributed by atoms with E-state index in [2.05, 4.69) is 10.00 Å². The van der Waals surface area contributed by atoms with Gasteiger partial charge in [0.15, 0.2) is 0 Å². The van der Waals surface area contributed by atoms with Crippen LogP contribution >= 0.6 is 0 Å². The van der Waals surface area contributed by atoms with Gasteiger partial charge in [0.05, 0.1) is 19.4 Å². The lowest BCUT2D eigenvalue weighted by molar-refractivity contribution is -0.135. The topological polar surface area (TPSA) is 88.0 Å². The summed E-state index contributed by atoms with van der Waals surface area (Å²) >= 11 is 0. The second kappa shape index (κ2) is 10.2. The van der Waals surface area contributed by atoms with Crippen LogP contribution in [0.2, 0.25) is 0 Å². The van der Waals surface area contributed by atoms with E-state index >= 15 is 0 Å². The number of carbonyl (C=O) groups excluding carboxylic acids is 1. The van der Waals surface area contributed by atoms with Crippen molar-refractivity contribution in [2.75, 3.05) is 45.9 Å². The summed E-state index contributed by atoms with van der Waals surface area (Å²) in [5, 5.41) is 4.24. The smallest absolute Gasteiger partial charge is 0.246 e. The minimum Gasteiger partial charge on any atom is -0.378 e. The second-order valence-electron chi connectivity index (χ2n) is 10.3. The summed E-state index contributed by atoms with van der Waals surface area (Å²) in [7, 11) is -3.64. The van der Waals surface area contributed by atoms with Crippen LogP contribution in [0.4, 0.5) is 0 Å². The molecule has 10 heteroatoms. The summed E-state index contributed by atoms with van der Waals surface area (Å²) in [6.45, 7) is 7.98. The number of aryl methyl sites for hydroxylation is 1. The Morgan fingerprint density at radius 2 is 1.91 bits per heavy atom. The average Bonchev–Trinajstić information content (AvgIpc) is 3.36. The van der Waals surface area contributed by atoms with E-state index in [1.807, 2.05) is 16.1 Å². The summed E-state index contributed by atoms with van der Waals surface area (Å²) in [4.78, 5) is 17.6. The zero-order valence-corrected chi connectivity index (χ0v) is 21.2. The Morgan fingerprint density at radius 1 is 1.15 bits per heavy atom. The van der Waals surface area contributed by atoms with Crippen molar-refractivity contribution in [3.63, 3.8) is 0 Å². The molecule has 0 unspecified atom stereocenters. The molecule has 0 aliphatic carbocycles. The van der Waals surface area contributed by atoms with Crippen LogP contribution in [0.5, 0.6) is 0 Å². The number of amides is 1. The van der Waals surface area contributed by atoms with Gasteiger partial charge in [-0.2, -0.15) is 9.40 Å². The highest BCUT2D eigenvalue weighted by atomic mass is 32.2. The number of hydrogen-bond acceptors (Lipinski definition) is 6. The van der Waals surface area contributed by atoms with Gasteiger partial charge in [-0.15, -0.1) is 0 Å². The number of aromatic nitrogens is 2. The highest BCUT2D eigenvalue weighted by Crippen LogP contribution is 2.45. The molecule has 5 rings (SSSR count). The van der Waals surface area contributed by atoms with Crippen LogP contribution in [-0.4, -0.2) is 96.2 Å². The van der Waals surface area contributed by atoms with Crippen LogP contribution < -0.4 is 0 Å². The van der Waals surface area contributed by atoms with E-state index in [0.717, 1.165) is 51.6 Å². The summed E-state index contributed by atoms with van der Waals surface area (Å²) in [5.74, 6) is 0.891. The van der Waals surface area contributed by atoms with Gasteiger partial charge in [-0.05, 0) is 70.4 Å². The molecule has 4 fully saturated rings. The van der Waals surface area contributed by atoms with Crippen molar-refractivity contribution in [1.29, 1.82) is 0 Å². The molecule has 4 saturated heterocycles.